The molecule has 1 fully saturated rings. The maximum atomic E-state index is 13.0. The molecule has 8 heteroatoms. The van der Waals surface area contributed by atoms with Gasteiger partial charge in [-0.15, -0.1) is 0 Å². The molecule has 0 aliphatic carbocycles. The zero-order chi connectivity index (χ0) is 19.2. The van der Waals surface area contributed by atoms with Crippen molar-refractivity contribution in [3.8, 4) is 5.88 Å². The summed E-state index contributed by atoms with van der Waals surface area (Å²) in [6.45, 7) is 1.52. The minimum absolute atomic E-state index is 0.134. The Morgan fingerprint density at radius 2 is 2.04 bits per heavy atom. The van der Waals surface area contributed by atoms with Crippen molar-refractivity contribution in [2.24, 2.45) is 0 Å². The molecule has 1 atom stereocenters. The minimum Gasteiger partial charge on any atom is -0.470 e. The fraction of sp³-hybridized carbons (Fsp3) is 0.421. The molecule has 2 aromatic rings. The molecule has 1 N–H and O–H groups in total. The average Bonchev–Trinajstić information content (AvgIpc) is 2.68. The van der Waals surface area contributed by atoms with Crippen molar-refractivity contribution in [2.75, 3.05) is 32.1 Å². The average molecular weight is 373 g/mol. The number of carbonyl (C=O) groups is 1. The molecule has 1 aliphatic rings. The summed E-state index contributed by atoms with van der Waals surface area (Å²) >= 11 is 0. The number of nitrogens with zero attached hydrogens (tertiary/aromatic N) is 4. The molecular formula is C19H24FN5O2. The van der Waals surface area contributed by atoms with Crippen LogP contribution in [0.25, 0.3) is 0 Å². The second kappa shape index (κ2) is 8.66. The van der Waals surface area contributed by atoms with E-state index >= 15 is 0 Å². The molecule has 1 unspecified atom stereocenters. The highest BCUT2D eigenvalue weighted by Crippen LogP contribution is 2.24. The second-order valence-corrected chi connectivity index (χ2v) is 6.69. The predicted octanol–water partition coefficient (Wildman–Crippen LogP) is 2.43. The smallest absolute Gasteiger partial charge is 0.317 e. The number of piperidine rings is 1. The van der Waals surface area contributed by atoms with Crippen molar-refractivity contribution in [1.82, 2.24) is 20.2 Å². The highest BCUT2D eigenvalue weighted by Gasteiger charge is 2.26. The summed E-state index contributed by atoms with van der Waals surface area (Å²) in [5.41, 5.74) is 0.852. The molecule has 1 saturated heterocycles. The van der Waals surface area contributed by atoms with E-state index in [0.717, 1.165) is 18.4 Å². The van der Waals surface area contributed by atoms with Crippen LogP contribution in [0.2, 0.25) is 0 Å². The molecule has 1 aliphatic heterocycles. The number of aromatic nitrogens is 2. The molecule has 27 heavy (non-hydrogen) atoms. The van der Waals surface area contributed by atoms with Gasteiger partial charge >= 0.3 is 6.03 Å². The fourth-order valence-corrected chi connectivity index (χ4v) is 2.98. The zero-order valence-electron chi connectivity index (χ0n) is 15.6. The Morgan fingerprint density at radius 3 is 2.78 bits per heavy atom. The Bertz CT molecular complexity index is 769. The Balaban J connectivity index is 1.56. The van der Waals surface area contributed by atoms with E-state index in [1.54, 1.807) is 29.4 Å². The molecule has 1 aromatic carbocycles. The Morgan fingerprint density at radius 1 is 1.30 bits per heavy atom. The lowest BCUT2D eigenvalue weighted by molar-refractivity contribution is 0.0978. The molecule has 3 rings (SSSR count). The number of ether oxygens (including phenoxy) is 1. The van der Waals surface area contributed by atoms with E-state index in [0.29, 0.717) is 31.3 Å². The highest BCUT2D eigenvalue weighted by atomic mass is 19.1. The van der Waals surface area contributed by atoms with Crippen LogP contribution < -0.4 is 15.0 Å². The first kappa shape index (κ1) is 18.9. The van der Waals surface area contributed by atoms with Gasteiger partial charge in [0.1, 0.15) is 11.9 Å². The van der Waals surface area contributed by atoms with Crippen LogP contribution in [-0.4, -0.2) is 54.2 Å². The molecule has 0 spiro atoms. The number of hydrogen-bond acceptors (Lipinski definition) is 5. The van der Waals surface area contributed by atoms with Gasteiger partial charge in [0, 0.05) is 39.6 Å². The van der Waals surface area contributed by atoms with E-state index in [4.69, 9.17) is 4.74 Å². The van der Waals surface area contributed by atoms with Gasteiger partial charge < -0.3 is 19.9 Å². The minimum atomic E-state index is -0.290. The van der Waals surface area contributed by atoms with Crippen LogP contribution in [0.1, 0.15) is 18.4 Å². The molecular weight excluding hydrogens is 349 g/mol. The molecule has 7 nitrogen and oxygen atoms in total. The van der Waals surface area contributed by atoms with E-state index < -0.39 is 0 Å². The number of urea groups is 1. The Kier molecular flexibility index (Phi) is 6.05. The lowest BCUT2D eigenvalue weighted by Crippen LogP contribution is -2.48. The molecule has 0 bridgehead atoms. The third-order valence-electron chi connectivity index (χ3n) is 4.37. The third kappa shape index (κ3) is 5.06. The summed E-state index contributed by atoms with van der Waals surface area (Å²) in [4.78, 5) is 24.6. The number of hydrogen-bond donors (Lipinski definition) is 1. The van der Waals surface area contributed by atoms with Crippen LogP contribution in [-0.2, 0) is 6.54 Å². The number of halogens is 1. The van der Waals surface area contributed by atoms with Gasteiger partial charge in [0.15, 0.2) is 5.82 Å². The SMILES string of the molecule is CN(C)c1nccnc1OC1CCCN(C(=O)NCc2ccc(F)cc2)C1. The molecule has 2 amide bonds. The van der Waals surface area contributed by atoms with Crippen molar-refractivity contribution >= 4 is 11.8 Å². The van der Waals surface area contributed by atoms with Gasteiger partial charge in [-0.25, -0.2) is 19.2 Å². The number of amides is 2. The predicted molar refractivity (Wildman–Crippen MR) is 100 cm³/mol. The van der Waals surface area contributed by atoms with Crippen molar-refractivity contribution in [1.29, 1.82) is 0 Å². The first-order chi connectivity index (χ1) is 13.0. The van der Waals surface area contributed by atoms with Crippen LogP contribution in [0.15, 0.2) is 36.7 Å². The van der Waals surface area contributed by atoms with Gasteiger partial charge in [-0.3, -0.25) is 0 Å². The lowest BCUT2D eigenvalue weighted by Gasteiger charge is -2.33. The maximum absolute atomic E-state index is 13.0. The van der Waals surface area contributed by atoms with Crippen LogP contribution >= 0.6 is 0 Å². The standard InChI is InChI=1S/C19H24FN5O2/c1-24(2)17-18(22-10-9-21-17)27-16-4-3-11-25(13-16)19(26)23-12-14-5-7-15(20)8-6-14/h5-10,16H,3-4,11-13H2,1-2H3,(H,23,26). The molecule has 2 heterocycles. The van der Waals surface area contributed by atoms with Gasteiger partial charge in [-0.05, 0) is 30.5 Å². The summed E-state index contributed by atoms with van der Waals surface area (Å²) in [7, 11) is 3.76. The van der Waals surface area contributed by atoms with E-state index in [-0.39, 0.29) is 18.0 Å². The monoisotopic (exact) mass is 373 g/mol. The number of benzene rings is 1. The first-order valence-corrected chi connectivity index (χ1v) is 8.95. The van der Waals surface area contributed by atoms with Gasteiger partial charge in [-0.1, -0.05) is 12.1 Å². The Labute approximate surface area is 158 Å². The third-order valence-corrected chi connectivity index (χ3v) is 4.37. The van der Waals surface area contributed by atoms with Crippen molar-refractivity contribution in [2.45, 2.75) is 25.5 Å². The number of carbonyl (C=O) groups excluding carboxylic acids is 1. The highest BCUT2D eigenvalue weighted by molar-refractivity contribution is 5.74. The normalized spacial score (nSPS) is 16.7. The van der Waals surface area contributed by atoms with Crippen LogP contribution in [0.4, 0.5) is 15.0 Å². The number of likely N-dealkylation sites (tertiary alicyclic amines) is 1. The van der Waals surface area contributed by atoms with Crippen molar-refractivity contribution in [3.63, 3.8) is 0 Å². The molecule has 0 saturated carbocycles. The van der Waals surface area contributed by atoms with E-state index in [2.05, 4.69) is 15.3 Å². The van der Waals surface area contributed by atoms with Crippen molar-refractivity contribution < 1.29 is 13.9 Å². The van der Waals surface area contributed by atoms with E-state index in [9.17, 15) is 9.18 Å². The lowest BCUT2D eigenvalue weighted by atomic mass is 10.1. The largest absolute Gasteiger partial charge is 0.470 e. The van der Waals surface area contributed by atoms with Crippen LogP contribution in [0.3, 0.4) is 0 Å². The van der Waals surface area contributed by atoms with Gasteiger partial charge in [0.2, 0.25) is 0 Å². The fourth-order valence-electron chi connectivity index (χ4n) is 2.98. The number of rotatable bonds is 5. The van der Waals surface area contributed by atoms with E-state index in [1.807, 2.05) is 19.0 Å². The number of anilines is 1. The molecule has 144 valence electrons. The zero-order valence-corrected chi connectivity index (χ0v) is 15.6. The van der Waals surface area contributed by atoms with Crippen LogP contribution in [0, 0.1) is 5.82 Å². The molecule has 0 radical (unpaired) electrons. The summed E-state index contributed by atoms with van der Waals surface area (Å²) in [5.74, 6) is 0.846. The maximum Gasteiger partial charge on any atom is 0.317 e. The Hall–Kier alpha value is -2.90. The summed E-state index contributed by atoms with van der Waals surface area (Å²) < 4.78 is 19.0. The summed E-state index contributed by atoms with van der Waals surface area (Å²) in [6, 6.07) is 5.94. The van der Waals surface area contributed by atoms with Gasteiger partial charge in [0.25, 0.3) is 5.88 Å². The first-order valence-electron chi connectivity index (χ1n) is 8.95. The molecule has 1 aromatic heterocycles. The topological polar surface area (TPSA) is 70.6 Å². The number of nitrogens with one attached hydrogen (secondary N) is 1. The quantitative estimate of drug-likeness (QED) is 0.872. The summed E-state index contributed by atoms with van der Waals surface area (Å²) in [6.07, 6.45) is 4.79. The van der Waals surface area contributed by atoms with E-state index in [1.165, 1.54) is 12.1 Å². The van der Waals surface area contributed by atoms with Crippen molar-refractivity contribution in [3.05, 3.63) is 48.0 Å². The van der Waals surface area contributed by atoms with Gasteiger partial charge in [-0.2, -0.15) is 0 Å². The second-order valence-electron chi connectivity index (χ2n) is 6.69. The van der Waals surface area contributed by atoms with Gasteiger partial charge in [0.05, 0.1) is 6.54 Å². The summed E-state index contributed by atoms with van der Waals surface area (Å²) in [5, 5.41) is 2.87. The van der Waals surface area contributed by atoms with Crippen LogP contribution in [0.5, 0.6) is 5.88 Å².